The number of aliphatic hydroxyl groups is 2. The number of aliphatic hydroxyl groups excluding tert-OH is 2. The summed E-state index contributed by atoms with van der Waals surface area (Å²) in [7, 11) is 0. The van der Waals surface area contributed by atoms with E-state index in [-0.39, 0.29) is 24.9 Å². The minimum Gasteiger partial charge on any atom is -0.462 e. The molecule has 0 radical (unpaired) electrons. The van der Waals surface area contributed by atoms with Crippen LogP contribution < -0.4 is 5.32 Å². The summed E-state index contributed by atoms with van der Waals surface area (Å²) in [5.41, 5.74) is 0. The molecule has 3 unspecified atom stereocenters. The maximum absolute atomic E-state index is 13.3. The number of amides is 1. The monoisotopic (exact) mass is 946 g/mol. The molecular formula is C62H107NO5. The van der Waals surface area contributed by atoms with Gasteiger partial charge < -0.3 is 20.3 Å². The van der Waals surface area contributed by atoms with Crippen LogP contribution in [0.15, 0.2) is 97.2 Å². The number of allylic oxidation sites excluding steroid dienone is 16. The third-order valence-electron chi connectivity index (χ3n) is 12.5. The normalized spacial score (nSPS) is 13.9. The number of hydrogen-bond acceptors (Lipinski definition) is 5. The fraction of sp³-hybridized carbons (Fsp3) is 0.710. The van der Waals surface area contributed by atoms with Crippen molar-refractivity contribution in [1.82, 2.24) is 5.32 Å². The van der Waals surface area contributed by atoms with Gasteiger partial charge in [-0.15, -0.1) is 0 Å². The molecule has 0 rings (SSSR count). The molecule has 390 valence electrons. The summed E-state index contributed by atoms with van der Waals surface area (Å²) in [5.74, 6) is -0.533. The van der Waals surface area contributed by atoms with Crippen LogP contribution in [-0.2, 0) is 14.3 Å². The molecule has 6 heteroatoms. The van der Waals surface area contributed by atoms with Gasteiger partial charge in [0, 0.05) is 6.42 Å². The van der Waals surface area contributed by atoms with Gasteiger partial charge in [-0.25, -0.2) is 0 Å². The van der Waals surface area contributed by atoms with Crippen molar-refractivity contribution in [3.8, 4) is 0 Å². The van der Waals surface area contributed by atoms with Gasteiger partial charge in [-0.3, -0.25) is 9.59 Å². The molecule has 0 fully saturated rings. The van der Waals surface area contributed by atoms with Crippen LogP contribution in [0, 0.1) is 0 Å². The molecule has 68 heavy (non-hydrogen) atoms. The molecule has 0 aromatic heterocycles. The van der Waals surface area contributed by atoms with E-state index >= 15 is 0 Å². The van der Waals surface area contributed by atoms with Gasteiger partial charge in [0.1, 0.15) is 6.10 Å². The van der Waals surface area contributed by atoms with Crippen molar-refractivity contribution in [3.05, 3.63) is 97.2 Å². The molecule has 0 heterocycles. The first-order valence-electron chi connectivity index (χ1n) is 28.5. The quantitative estimate of drug-likeness (QED) is 0.0244. The van der Waals surface area contributed by atoms with Crippen molar-refractivity contribution >= 4 is 11.9 Å². The summed E-state index contributed by atoms with van der Waals surface area (Å²) in [4.78, 5) is 26.3. The van der Waals surface area contributed by atoms with Crippen LogP contribution in [0.2, 0.25) is 0 Å². The van der Waals surface area contributed by atoms with E-state index in [1.54, 1.807) is 0 Å². The first kappa shape index (κ1) is 64.8. The lowest BCUT2D eigenvalue weighted by atomic mass is 10.0. The van der Waals surface area contributed by atoms with Crippen molar-refractivity contribution in [3.63, 3.8) is 0 Å². The summed E-state index contributed by atoms with van der Waals surface area (Å²) >= 11 is 0. The van der Waals surface area contributed by atoms with Gasteiger partial charge >= 0.3 is 5.97 Å². The van der Waals surface area contributed by atoms with Gasteiger partial charge in [0.25, 0.3) is 0 Å². The molecule has 3 atom stereocenters. The van der Waals surface area contributed by atoms with Crippen LogP contribution in [0.5, 0.6) is 0 Å². The highest BCUT2D eigenvalue weighted by Gasteiger charge is 2.24. The van der Waals surface area contributed by atoms with Crippen LogP contribution >= 0.6 is 0 Å². The second kappa shape index (κ2) is 54.7. The third-order valence-corrected chi connectivity index (χ3v) is 12.5. The maximum atomic E-state index is 13.3. The second-order valence-electron chi connectivity index (χ2n) is 19.1. The predicted molar refractivity (Wildman–Crippen MR) is 296 cm³/mol. The molecule has 0 saturated carbocycles. The van der Waals surface area contributed by atoms with Gasteiger partial charge in [-0.1, -0.05) is 266 Å². The Morgan fingerprint density at radius 2 is 0.882 bits per heavy atom. The molecule has 0 aliphatic rings. The van der Waals surface area contributed by atoms with Crippen molar-refractivity contribution in [2.45, 2.75) is 277 Å². The Balaban J connectivity index is 4.66. The number of carbonyl (C=O) groups excluding carboxylic acids is 2. The highest BCUT2D eigenvalue weighted by molar-refractivity contribution is 5.77. The standard InChI is InChI=1S/C62H107NO5/c1-4-7-10-13-16-19-22-25-28-31-33-36-39-42-45-48-51-54-60(65)59(57-64)63-61(66)56-58(53-50-47-44-41-38-35-32-29-26-23-20-17-14-11-8-5-2)68-62(67)55-52-49-46-43-40-37-34-30-27-24-21-18-15-12-9-6-3/h9,11-12,14,17-18,20-21,23,26-27,29-30,32,35,38,58-60,64-65H,4-8,10,13,15-16,19,22,24-25,28,31,33-34,36-37,39-57H2,1-3H3,(H,63,66)/b12-9+,14-11+,20-17+,21-18+,26-23+,30-27+,32-29+,38-35+. The average molecular weight is 947 g/mol. The highest BCUT2D eigenvalue weighted by Crippen LogP contribution is 2.18. The summed E-state index contributed by atoms with van der Waals surface area (Å²) in [6.45, 7) is 6.29. The van der Waals surface area contributed by atoms with Crippen LogP contribution in [0.3, 0.4) is 0 Å². The van der Waals surface area contributed by atoms with Crippen molar-refractivity contribution in [2.75, 3.05) is 6.61 Å². The summed E-state index contributed by atoms with van der Waals surface area (Å²) in [5, 5.41) is 23.9. The van der Waals surface area contributed by atoms with Crippen molar-refractivity contribution in [2.24, 2.45) is 0 Å². The number of hydrogen-bond donors (Lipinski definition) is 3. The number of carbonyl (C=O) groups is 2. The Hall–Kier alpha value is -3.22. The molecule has 3 N–H and O–H groups in total. The van der Waals surface area contributed by atoms with E-state index in [1.807, 2.05) is 36.5 Å². The Morgan fingerprint density at radius 1 is 0.456 bits per heavy atom. The van der Waals surface area contributed by atoms with E-state index in [4.69, 9.17) is 4.74 Å². The number of ether oxygens (including phenoxy) is 1. The second-order valence-corrected chi connectivity index (χ2v) is 19.1. The number of nitrogens with one attached hydrogen (secondary N) is 1. The first-order chi connectivity index (χ1) is 33.5. The largest absolute Gasteiger partial charge is 0.462 e. The number of unbranched alkanes of at least 4 members (excludes halogenated alkanes) is 26. The molecule has 0 bridgehead atoms. The fourth-order valence-electron chi connectivity index (χ4n) is 8.24. The molecule has 0 aliphatic carbocycles. The van der Waals surface area contributed by atoms with E-state index < -0.39 is 18.2 Å². The van der Waals surface area contributed by atoms with E-state index in [9.17, 15) is 19.8 Å². The van der Waals surface area contributed by atoms with Gasteiger partial charge in [-0.2, -0.15) is 0 Å². The molecule has 0 aliphatic heterocycles. The Labute approximate surface area is 420 Å². The lowest BCUT2D eigenvalue weighted by Crippen LogP contribution is -2.46. The molecule has 0 aromatic rings. The molecule has 0 spiro atoms. The minimum absolute atomic E-state index is 0.0392. The van der Waals surface area contributed by atoms with Crippen LogP contribution in [-0.4, -0.2) is 46.9 Å². The Morgan fingerprint density at radius 3 is 1.41 bits per heavy atom. The molecule has 1 amide bonds. The van der Waals surface area contributed by atoms with Gasteiger partial charge in [0.15, 0.2) is 0 Å². The van der Waals surface area contributed by atoms with E-state index in [0.29, 0.717) is 19.3 Å². The van der Waals surface area contributed by atoms with Crippen molar-refractivity contribution < 1.29 is 24.5 Å². The smallest absolute Gasteiger partial charge is 0.306 e. The minimum atomic E-state index is -0.809. The molecule has 6 nitrogen and oxygen atoms in total. The summed E-state index contributed by atoms with van der Waals surface area (Å²) in [6, 6.07) is -0.725. The fourth-order valence-corrected chi connectivity index (χ4v) is 8.24. The average Bonchev–Trinajstić information content (AvgIpc) is 3.33. The zero-order valence-corrected chi connectivity index (χ0v) is 44.5. The molecular weight excluding hydrogens is 839 g/mol. The first-order valence-corrected chi connectivity index (χ1v) is 28.5. The van der Waals surface area contributed by atoms with Crippen molar-refractivity contribution in [1.29, 1.82) is 0 Å². The van der Waals surface area contributed by atoms with Gasteiger partial charge in [0.05, 0.1) is 25.2 Å². The summed E-state index contributed by atoms with van der Waals surface area (Å²) < 4.78 is 5.93. The maximum Gasteiger partial charge on any atom is 0.306 e. The number of esters is 1. The lowest BCUT2D eigenvalue weighted by Gasteiger charge is -2.24. The van der Waals surface area contributed by atoms with Gasteiger partial charge in [0.2, 0.25) is 5.91 Å². The Bertz CT molecular complexity index is 1340. The van der Waals surface area contributed by atoms with Gasteiger partial charge in [-0.05, 0) is 77.0 Å². The Kier molecular flexibility index (Phi) is 52.1. The van der Waals surface area contributed by atoms with Crippen LogP contribution in [0.1, 0.15) is 258 Å². The molecule has 0 aromatic carbocycles. The zero-order chi connectivity index (χ0) is 49.5. The predicted octanol–water partition coefficient (Wildman–Crippen LogP) is 17.7. The summed E-state index contributed by atoms with van der Waals surface area (Å²) in [6.07, 6.45) is 73.2. The topological polar surface area (TPSA) is 95.9 Å². The highest BCUT2D eigenvalue weighted by atomic mass is 16.5. The van der Waals surface area contributed by atoms with E-state index in [1.165, 1.54) is 116 Å². The molecule has 0 saturated heterocycles. The number of rotatable bonds is 50. The van der Waals surface area contributed by atoms with Crippen LogP contribution in [0.4, 0.5) is 0 Å². The SMILES string of the molecule is CC/C=C/C/C=C/C/C=C/CCCCCCCCC(=O)OC(CCCCC/C=C/C=C/C=C/C=C/C=C/CCC)CC(=O)NC(CO)C(O)CCCCCCCCCCCCCCCCCCC. The van der Waals surface area contributed by atoms with E-state index in [2.05, 4.69) is 86.8 Å². The lowest BCUT2D eigenvalue weighted by molar-refractivity contribution is -0.151. The van der Waals surface area contributed by atoms with E-state index in [0.717, 1.165) is 96.3 Å². The zero-order valence-electron chi connectivity index (χ0n) is 44.5. The third kappa shape index (κ3) is 49.2. The van der Waals surface area contributed by atoms with Crippen LogP contribution in [0.25, 0.3) is 0 Å².